The van der Waals surface area contributed by atoms with Gasteiger partial charge < -0.3 is 16.3 Å². The smallest absolute Gasteiger partial charge is 0.232 e. The molecule has 96 valence electrons. The number of rotatable bonds is 3. The number of aryl methyl sites for hydroxylation is 1. The topological polar surface area (TPSA) is 87.7 Å². The lowest BCUT2D eigenvalue weighted by Crippen LogP contribution is -2.23. The quantitative estimate of drug-likeness (QED) is 0.328. The van der Waals surface area contributed by atoms with Gasteiger partial charge in [0.1, 0.15) is 5.84 Å². The average Bonchev–Trinajstić information content (AvgIpc) is 2.39. The number of anilines is 1. The van der Waals surface area contributed by atoms with Gasteiger partial charge in [0.05, 0.1) is 6.42 Å². The van der Waals surface area contributed by atoms with Crippen LogP contribution in [0.25, 0.3) is 0 Å². The van der Waals surface area contributed by atoms with Crippen LogP contribution in [0, 0.1) is 0 Å². The van der Waals surface area contributed by atoms with E-state index in [4.69, 9.17) is 10.9 Å². The number of amides is 1. The van der Waals surface area contributed by atoms with E-state index in [2.05, 4.69) is 16.5 Å². The Morgan fingerprint density at radius 3 is 2.94 bits per heavy atom. The highest BCUT2D eigenvalue weighted by Crippen LogP contribution is 2.27. The van der Waals surface area contributed by atoms with Crippen molar-refractivity contribution in [3.63, 3.8) is 0 Å². The molecular weight excluding hydrogens is 230 g/mol. The molecule has 1 aliphatic rings. The van der Waals surface area contributed by atoms with Crippen molar-refractivity contribution in [1.82, 2.24) is 0 Å². The van der Waals surface area contributed by atoms with Gasteiger partial charge in [-0.25, -0.2) is 0 Å². The first kappa shape index (κ1) is 12.4. The van der Waals surface area contributed by atoms with Gasteiger partial charge in [0.15, 0.2) is 0 Å². The number of benzene rings is 1. The number of amidine groups is 1. The van der Waals surface area contributed by atoms with Crippen LogP contribution in [0.1, 0.15) is 30.4 Å². The van der Waals surface area contributed by atoms with E-state index >= 15 is 0 Å². The van der Waals surface area contributed by atoms with Crippen LogP contribution in [0.2, 0.25) is 0 Å². The van der Waals surface area contributed by atoms with Gasteiger partial charge in [-0.2, -0.15) is 0 Å². The Bertz CT molecular complexity index is 483. The Morgan fingerprint density at radius 1 is 1.39 bits per heavy atom. The molecule has 1 aromatic rings. The Hall–Kier alpha value is -2.04. The summed E-state index contributed by atoms with van der Waals surface area (Å²) in [4.78, 5) is 11.7. The van der Waals surface area contributed by atoms with E-state index < -0.39 is 0 Å². The maximum Gasteiger partial charge on any atom is 0.232 e. The first-order valence-electron chi connectivity index (χ1n) is 6.07. The number of nitrogens with zero attached hydrogens (tertiary/aromatic N) is 1. The van der Waals surface area contributed by atoms with Crippen molar-refractivity contribution in [3.05, 3.63) is 29.3 Å². The molecule has 0 spiro atoms. The summed E-state index contributed by atoms with van der Waals surface area (Å²) in [6.07, 6.45) is 4.32. The first-order valence-corrected chi connectivity index (χ1v) is 6.07. The molecule has 0 unspecified atom stereocenters. The molecule has 1 aliphatic carbocycles. The summed E-state index contributed by atoms with van der Waals surface area (Å²) in [5.41, 5.74) is 8.68. The van der Waals surface area contributed by atoms with E-state index in [1.807, 2.05) is 12.1 Å². The lowest BCUT2D eigenvalue weighted by Gasteiger charge is -2.19. The van der Waals surface area contributed by atoms with Crippen LogP contribution in [0.5, 0.6) is 0 Å². The molecule has 1 aromatic carbocycles. The molecule has 0 bridgehead atoms. The molecular formula is C13H17N3O2. The zero-order valence-electron chi connectivity index (χ0n) is 10.1. The standard InChI is InChI=1S/C13H17N3O2/c14-12(16-18)8-13(17)15-11-7-3-5-9-4-1-2-6-10(9)11/h3,5,7,18H,1-2,4,6,8H2,(H2,14,16)(H,15,17). The van der Waals surface area contributed by atoms with Crippen LogP contribution in [-0.2, 0) is 17.6 Å². The van der Waals surface area contributed by atoms with E-state index in [1.54, 1.807) is 0 Å². The highest BCUT2D eigenvalue weighted by atomic mass is 16.4. The van der Waals surface area contributed by atoms with Gasteiger partial charge in [-0.3, -0.25) is 4.79 Å². The molecule has 0 fully saturated rings. The maximum atomic E-state index is 11.7. The summed E-state index contributed by atoms with van der Waals surface area (Å²) in [5.74, 6) is -0.346. The Morgan fingerprint density at radius 2 is 2.17 bits per heavy atom. The van der Waals surface area contributed by atoms with Crippen molar-refractivity contribution in [2.45, 2.75) is 32.1 Å². The molecule has 0 aromatic heterocycles. The molecule has 0 saturated carbocycles. The zero-order valence-corrected chi connectivity index (χ0v) is 10.1. The van der Waals surface area contributed by atoms with E-state index in [1.165, 1.54) is 17.5 Å². The van der Waals surface area contributed by atoms with Gasteiger partial charge in [-0.1, -0.05) is 17.3 Å². The molecule has 18 heavy (non-hydrogen) atoms. The third-order valence-electron chi connectivity index (χ3n) is 3.14. The van der Waals surface area contributed by atoms with Gasteiger partial charge in [0, 0.05) is 5.69 Å². The molecule has 5 nitrogen and oxygen atoms in total. The number of nitrogens with two attached hydrogens (primary N) is 1. The van der Waals surface area contributed by atoms with E-state index in [0.29, 0.717) is 0 Å². The van der Waals surface area contributed by atoms with Crippen LogP contribution in [0.3, 0.4) is 0 Å². The van der Waals surface area contributed by atoms with Crippen LogP contribution < -0.4 is 11.1 Å². The average molecular weight is 247 g/mol. The number of hydrogen-bond acceptors (Lipinski definition) is 3. The summed E-state index contributed by atoms with van der Waals surface area (Å²) in [7, 11) is 0. The number of nitrogens with one attached hydrogen (secondary N) is 1. The zero-order chi connectivity index (χ0) is 13.0. The van der Waals surface area contributed by atoms with Gasteiger partial charge in [-0.05, 0) is 42.9 Å². The molecule has 0 atom stereocenters. The van der Waals surface area contributed by atoms with E-state index in [9.17, 15) is 4.79 Å². The fourth-order valence-electron chi connectivity index (χ4n) is 2.29. The van der Waals surface area contributed by atoms with Crippen LogP contribution >= 0.6 is 0 Å². The molecule has 1 amide bonds. The molecule has 0 aliphatic heterocycles. The number of carbonyl (C=O) groups excluding carboxylic acids is 1. The number of oxime groups is 1. The number of fused-ring (bicyclic) bond motifs is 1. The molecule has 0 heterocycles. The molecule has 2 rings (SSSR count). The van der Waals surface area contributed by atoms with E-state index in [-0.39, 0.29) is 18.2 Å². The normalized spacial score (nSPS) is 15.0. The van der Waals surface area contributed by atoms with Gasteiger partial charge in [0.2, 0.25) is 5.91 Å². The van der Waals surface area contributed by atoms with Gasteiger partial charge in [-0.15, -0.1) is 0 Å². The van der Waals surface area contributed by atoms with Crippen molar-refractivity contribution in [3.8, 4) is 0 Å². The van der Waals surface area contributed by atoms with Crippen molar-refractivity contribution in [2.75, 3.05) is 5.32 Å². The molecule has 5 heteroatoms. The Kier molecular flexibility index (Phi) is 3.82. The third-order valence-corrected chi connectivity index (χ3v) is 3.14. The Balaban J connectivity index is 2.12. The summed E-state index contributed by atoms with van der Waals surface area (Å²) < 4.78 is 0. The minimum absolute atomic E-state index is 0.0858. The summed E-state index contributed by atoms with van der Waals surface area (Å²) in [6, 6.07) is 5.95. The predicted octanol–water partition coefficient (Wildman–Crippen LogP) is 1.64. The number of hydrogen-bond donors (Lipinski definition) is 3. The summed E-state index contributed by atoms with van der Waals surface area (Å²) in [6.45, 7) is 0. The second-order valence-corrected chi connectivity index (χ2v) is 4.47. The fraction of sp³-hybridized carbons (Fsp3) is 0.385. The van der Waals surface area contributed by atoms with Gasteiger partial charge in [0.25, 0.3) is 0 Å². The fourth-order valence-corrected chi connectivity index (χ4v) is 2.29. The van der Waals surface area contributed by atoms with Gasteiger partial charge >= 0.3 is 0 Å². The summed E-state index contributed by atoms with van der Waals surface area (Å²) in [5, 5.41) is 14.0. The van der Waals surface area contributed by atoms with Crippen molar-refractivity contribution >= 4 is 17.4 Å². The number of carbonyl (C=O) groups is 1. The van der Waals surface area contributed by atoms with Crippen LogP contribution in [0.4, 0.5) is 5.69 Å². The minimum Gasteiger partial charge on any atom is -0.409 e. The predicted molar refractivity (Wildman–Crippen MR) is 69.7 cm³/mol. The molecule has 0 saturated heterocycles. The van der Waals surface area contributed by atoms with Crippen molar-refractivity contribution < 1.29 is 10.0 Å². The lowest BCUT2D eigenvalue weighted by atomic mass is 9.90. The SMILES string of the molecule is N/C(CC(=O)Nc1cccc2c1CCCC2)=N\O. The van der Waals surface area contributed by atoms with E-state index in [0.717, 1.165) is 24.9 Å². The highest BCUT2D eigenvalue weighted by Gasteiger charge is 2.14. The largest absolute Gasteiger partial charge is 0.409 e. The molecule has 4 N–H and O–H groups in total. The van der Waals surface area contributed by atoms with Crippen molar-refractivity contribution in [1.29, 1.82) is 0 Å². The lowest BCUT2D eigenvalue weighted by molar-refractivity contribution is -0.115. The highest BCUT2D eigenvalue weighted by molar-refractivity contribution is 6.05. The summed E-state index contributed by atoms with van der Waals surface area (Å²) >= 11 is 0. The maximum absolute atomic E-state index is 11.7. The molecule has 0 radical (unpaired) electrons. The minimum atomic E-state index is -0.260. The second kappa shape index (κ2) is 5.53. The first-order chi connectivity index (χ1) is 8.70. The third kappa shape index (κ3) is 2.80. The second-order valence-electron chi connectivity index (χ2n) is 4.47. The van der Waals surface area contributed by atoms with Crippen LogP contribution in [0.15, 0.2) is 23.4 Å². The van der Waals surface area contributed by atoms with Crippen LogP contribution in [-0.4, -0.2) is 17.0 Å². The van der Waals surface area contributed by atoms with Crippen molar-refractivity contribution in [2.24, 2.45) is 10.9 Å². The Labute approximate surface area is 106 Å². The monoisotopic (exact) mass is 247 g/mol.